The van der Waals surface area contributed by atoms with Crippen LogP contribution in [0.25, 0.3) is 15.9 Å². The summed E-state index contributed by atoms with van der Waals surface area (Å²) < 4.78 is 27.5. The average Bonchev–Trinajstić information content (AvgIpc) is 3.45. The second-order valence-electron chi connectivity index (χ2n) is 9.48. The van der Waals surface area contributed by atoms with Gasteiger partial charge in [0.25, 0.3) is 0 Å². The maximum atomic E-state index is 14.1. The summed E-state index contributed by atoms with van der Waals surface area (Å²) in [5, 5.41) is 9.73. The van der Waals surface area contributed by atoms with E-state index >= 15 is 0 Å². The van der Waals surface area contributed by atoms with E-state index in [1.165, 1.54) is 17.4 Å². The lowest BCUT2D eigenvalue weighted by Gasteiger charge is -2.29. The Morgan fingerprint density at radius 3 is 2.87 bits per heavy atom. The van der Waals surface area contributed by atoms with Gasteiger partial charge in [-0.25, -0.2) is 19.2 Å². The number of carbonyl (C=O) groups is 1. The number of rotatable bonds is 9. The molecule has 202 valence electrons. The minimum Gasteiger partial charge on any atom is -0.477 e. The summed E-state index contributed by atoms with van der Waals surface area (Å²) in [6.07, 6.45) is 5.61. The Morgan fingerprint density at radius 1 is 1.28 bits per heavy atom. The molecule has 1 unspecified atom stereocenters. The van der Waals surface area contributed by atoms with Gasteiger partial charge in [0.1, 0.15) is 28.0 Å². The van der Waals surface area contributed by atoms with Gasteiger partial charge in [0, 0.05) is 42.5 Å². The van der Waals surface area contributed by atoms with Crippen molar-refractivity contribution in [3.05, 3.63) is 75.5 Å². The van der Waals surface area contributed by atoms with E-state index in [0.717, 1.165) is 47.7 Å². The summed E-state index contributed by atoms with van der Waals surface area (Å²) in [6.45, 7) is 3.58. The zero-order chi connectivity index (χ0) is 26.9. The van der Waals surface area contributed by atoms with Crippen molar-refractivity contribution in [1.82, 2.24) is 24.4 Å². The number of benzene rings is 1. The van der Waals surface area contributed by atoms with E-state index in [9.17, 15) is 14.3 Å². The molecule has 1 aromatic carbocycles. The van der Waals surface area contributed by atoms with E-state index in [-0.39, 0.29) is 17.6 Å². The van der Waals surface area contributed by atoms with Gasteiger partial charge in [-0.2, -0.15) is 4.98 Å². The highest BCUT2D eigenvalue weighted by atomic mass is 35.5. The Hall–Kier alpha value is -3.38. The number of hydrogen-bond acceptors (Lipinski definition) is 8. The molecule has 4 aromatic rings. The van der Waals surface area contributed by atoms with Crippen LogP contribution >= 0.6 is 22.9 Å². The Kier molecular flexibility index (Phi) is 7.30. The highest BCUT2D eigenvalue weighted by Gasteiger charge is 2.25. The molecule has 6 rings (SSSR count). The van der Waals surface area contributed by atoms with Crippen LogP contribution in [0.2, 0.25) is 5.02 Å². The highest BCUT2D eigenvalue weighted by Crippen LogP contribution is 2.30. The summed E-state index contributed by atoms with van der Waals surface area (Å²) >= 11 is 7.02. The molecule has 5 heterocycles. The molecule has 3 aromatic heterocycles. The molecule has 1 saturated heterocycles. The van der Waals surface area contributed by atoms with Gasteiger partial charge in [-0.05, 0) is 36.6 Å². The van der Waals surface area contributed by atoms with E-state index < -0.39 is 11.8 Å². The maximum absolute atomic E-state index is 14.1. The van der Waals surface area contributed by atoms with Crippen molar-refractivity contribution in [3.8, 4) is 5.88 Å². The highest BCUT2D eigenvalue weighted by molar-refractivity contribution is 7.20. The number of thiophene rings is 1. The topological polar surface area (TPSA) is 103 Å². The number of halogens is 2. The molecule has 9 nitrogen and oxygen atoms in total. The lowest BCUT2D eigenvalue weighted by molar-refractivity contribution is -0.0591. The van der Waals surface area contributed by atoms with Gasteiger partial charge in [0.05, 0.1) is 24.7 Å². The van der Waals surface area contributed by atoms with Crippen LogP contribution < -0.4 is 4.74 Å². The third-order valence-electron chi connectivity index (χ3n) is 6.88. The fourth-order valence-corrected chi connectivity index (χ4v) is 5.70. The van der Waals surface area contributed by atoms with Crippen LogP contribution in [-0.2, 0) is 24.4 Å². The third-order valence-corrected chi connectivity index (χ3v) is 8.12. The largest absolute Gasteiger partial charge is 0.477 e. The molecule has 0 saturated carbocycles. The van der Waals surface area contributed by atoms with E-state index in [1.54, 1.807) is 30.5 Å². The molecule has 0 radical (unpaired) electrons. The molecule has 2 aliphatic rings. The maximum Gasteiger partial charge on any atom is 0.346 e. The smallest absolute Gasteiger partial charge is 0.346 e. The Bertz CT molecular complexity index is 1570. The van der Waals surface area contributed by atoms with E-state index in [2.05, 4.69) is 25.5 Å². The van der Waals surface area contributed by atoms with E-state index in [4.69, 9.17) is 26.1 Å². The molecular weight excluding hydrogens is 545 g/mol. The number of imidazole rings is 1. The summed E-state index contributed by atoms with van der Waals surface area (Å²) in [4.78, 5) is 28.5. The quantitative estimate of drug-likeness (QED) is 0.299. The molecule has 0 spiro atoms. The monoisotopic (exact) mass is 569 g/mol. The molecular formula is C27H25ClFN5O4S. The zero-order valence-corrected chi connectivity index (χ0v) is 22.4. The van der Waals surface area contributed by atoms with Crippen LogP contribution in [0.3, 0.4) is 0 Å². The first-order chi connectivity index (χ1) is 18.9. The zero-order valence-electron chi connectivity index (χ0n) is 20.8. The standard InChI is InChI=1S/C27H25ClFN5O4S/c28-18-2-1-17(20(29)11-18)15-38-24-3-7-30-25(32-24)16-4-8-33(9-5-16)14-23-31-26-21(12-22(39-26)27(35)36)34(23)13-19-6-10-37-19/h1-4,7,11-12,19H,5-6,8-10,13-15H2,(H,35,36). The van der Waals surface area contributed by atoms with E-state index in [1.807, 2.05) is 0 Å². The van der Waals surface area contributed by atoms with Gasteiger partial charge < -0.3 is 19.1 Å². The first-order valence-corrected chi connectivity index (χ1v) is 13.8. The number of ether oxygens (including phenoxy) is 2. The number of aromatic nitrogens is 4. The van der Waals surface area contributed by atoms with Crippen molar-refractivity contribution in [1.29, 1.82) is 0 Å². The summed E-state index contributed by atoms with van der Waals surface area (Å²) in [7, 11) is 0. The number of carboxylic acids is 1. The van der Waals surface area contributed by atoms with Crippen LogP contribution in [0.4, 0.5) is 4.39 Å². The van der Waals surface area contributed by atoms with Gasteiger partial charge in [-0.15, -0.1) is 11.3 Å². The fraction of sp³-hybridized carbons (Fsp3) is 0.333. The van der Waals surface area contributed by atoms with Crippen LogP contribution in [0.1, 0.15) is 39.7 Å². The van der Waals surface area contributed by atoms with Crippen molar-refractivity contribution in [2.75, 3.05) is 19.7 Å². The number of carboxylic acid groups (broad SMARTS) is 1. The third kappa shape index (κ3) is 5.67. The van der Waals surface area contributed by atoms with Gasteiger partial charge in [0.2, 0.25) is 5.88 Å². The molecule has 39 heavy (non-hydrogen) atoms. The molecule has 2 aliphatic heterocycles. The van der Waals surface area contributed by atoms with Crippen LogP contribution in [0, 0.1) is 5.82 Å². The summed E-state index contributed by atoms with van der Waals surface area (Å²) in [5.74, 6) is 0.512. The second-order valence-corrected chi connectivity index (χ2v) is 11.0. The van der Waals surface area contributed by atoms with Crippen molar-refractivity contribution in [2.24, 2.45) is 0 Å². The SMILES string of the molecule is O=C(O)c1cc2c(nc(CN3CC=C(c4nccc(OCc5ccc(Cl)cc5F)n4)CC3)n2CC2CCO2)s1. The Labute approximate surface area is 232 Å². The van der Waals surface area contributed by atoms with Gasteiger partial charge in [-0.1, -0.05) is 23.7 Å². The minimum absolute atomic E-state index is 0.0379. The number of nitrogens with zero attached hydrogens (tertiary/aromatic N) is 5. The number of fused-ring (bicyclic) bond motifs is 1. The molecule has 1 atom stereocenters. The van der Waals surface area contributed by atoms with Crippen molar-refractivity contribution in [3.63, 3.8) is 0 Å². The predicted octanol–water partition coefficient (Wildman–Crippen LogP) is 5.04. The summed E-state index contributed by atoms with van der Waals surface area (Å²) in [5.41, 5.74) is 2.26. The average molecular weight is 570 g/mol. The van der Waals surface area contributed by atoms with Crippen LogP contribution in [0.5, 0.6) is 5.88 Å². The molecule has 1 fully saturated rings. The summed E-state index contributed by atoms with van der Waals surface area (Å²) in [6, 6.07) is 7.84. The number of aromatic carboxylic acids is 1. The van der Waals surface area contributed by atoms with E-state index in [0.29, 0.717) is 41.9 Å². The molecule has 0 aliphatic carbocycles. The lowest BCUT2D eigenvalue weighted by Crippen LogP contribution is -2.33. The van der Waals surface area contributed by atoms with Crippen molar-refractivity contribution in [2.45, 2.75) is 38.6 Å². The Morgan fingerprint density at radius 2 is 2.15 bits per heavy atom. The molecule has 0 amide bonds. The fourth-order valence-electron chi connectivity index (χ4n) is 4.65. The van der Waals surface area contributed by atoms with Crippen molar-refractivity contribution < 1.29 is 23.8 Å². The molecule has 0 bridgehead atoms. The Balaban J connectivity index is 1.13. The molecule has 12 heteroatoms. The van der Waals surface area contributed by atoms with Crippen LogP contribution in [0.15, 0.2) is 42.6 Å². The second kappa shape index (κ2) is 11.0. The van der Waals surface area contributed by atoms with Crippen LogP contribution in [-0.4, -0.2) is 61.3 Å². The molecule has 1 N–H and O–H groups in total. The number of hydrogen-bond donors (Lipinski definition) is 1. The normalized spacial score (nSPS) is 17.7. The van der Waals surface area contributed by atoms with Gasteiger partial charge in [-0.3, -0.25) is 4.90 Å². The minimum atomic E-state index is -0.937. The van der Waals surface area contributed by atoms with Crippen molar-refractivity contribution >= 4 is 44.8 Å². The van der Waals surface area contributed by atoms with Gasteiger partial charge >= 0.3 is 5.97 Å². The first kappa shape index (κ1) is 25.9. The lowest BCUT2D eigenvalue weighted by atomic mass is 10.1. The first-order valence-electron chi connectivity index (χ1n) is 12.6. The predicted molar refractivity (Wildman–Crippen MR) is 145 cm³/mol. The van der Waals surface area contributed by atoms with Gasteiger partial charge in [0.15, 0.2) is 5.82 Å².